The first-order chi connectivity index (χ1) is 18.1. The van der Waals surface area contributed by atoms with E-state index in [0.29, 0.717) is 30.2 Å². The zero-order valence-corrected chi connectivity index (χ0v) is 23.0. The van der Waals surface area contributed by atoms with Gasteiger partial charge in [-0.05, 0) is 81.4 Å². The first kappa shape index (κ1) is 27.6. The van der Waals surface area contributed by atoms with Crippen LogP contribution in [0.1, 0.15) is 101 Å². The van der Waals surface area contributed by atoms with Crippen LogP contribution in [0.15, 0.2) is 12.1 Å². The molecule has 2 unspecified atom stereocenters. The Hall–Kier alpha value is -2.44. The monoisotopic (exact) mass is 515 g/mol. The summed E-state index contributed by atoms with van der Waals surface area (Å²) in [6.07, 6.45) is 14.4. The highest BCUT2D eigenvalue weighted by molar-refractivity contribution is 5.89. The van der Waals surface area contributed by atoms with Crippen molar-refractivity contribution in [3.05, 3.63) is 17.7 Å². The number of hydrogen-bond acceptors (Lipinski definition) is 6. The van der Waals surface area contributed by atoms with Crippen molar-refractivity contribution in [2.75, 3.05) is 27.9 Å². The van der Waals surface area contributed by atoms with Gasteiger partial charge in [0.05, 0.1) is 27.2 Å². The van der Waals surface area contributed by atoms with Crippen molar-refractivity contribution < 1.29 is 28.5 Å². The lowest BCUT2D eigenvalue weighted by Crippen LogP contribution is -2.51. The van der Waals surface area contributed by atoms with Gasteiger partial charge in [0, 0.05) is 6.54 Å². The van der Waals surface area contributed by atoms with Crippen LogP contribution in [0.25, 0.3) is 0 Å². The second kappa shape index (κ2) is 13.4. The van der Waals surface area contributed by atoms with Crippen molar-refractivity contribution in [1.29, 1.82) is 0 Å². The molecule has 37 heavy (non-hydrogen) atoms. The summed E-state index contributed by atoms with van der Waals surface area (Å²) in [5, 5.41) is 0. The lowest BCUT2D eigenvalue weighted by molar-refractivity contribution is -0.162. The quantitative estimate of drug-likeness (QED) is 0.311. The number of likely N-dealkylation sites (tertiary alicyclic amines) is 1. The maximum Gasteiger partial charge on any atom is 0.329 e. The van der Waals surface area contributed by atoms with E-state index in [2.05, 4.69) is 0 Å². The van der Waals surface area contributed by atoms with E-state index in [-0.39, 0.29) is 29.8 Å². The minimum atomic E-state index is -0.502. The summed E-state index contributed by atoms with van der Waals surface area (Å²) in [4.78, 5) is 29.7. The summed E-state index contributed by atoms with van der Waals surface area (Å²) in [5.74, 6) is 1.29. The molecule has 7 nitrogen and oxygen atoms in total. The first-order valence-electron chi connectivity index (χ1n) is 14.4. The Bertz CT molecular complexity index is 878. The zero-order valence-electron chi connectivity index (χ0n) is 23.0. The summed E-state index contributed by atoms with van der Waals surface area (Å²) >= 11 is 0. The number of amides is 1. The molecule has 0 aromatic heterocycles. The Morgan fingerprint density at radius 1 is 0.757 bits per heavy atom. The fourth-order valence-electron chi connectivity index (χ4n) is 6.59. The lowest BCUT2D eigenvalue weighted by atomic mass is 9.75. The number of carbonyl (C=O) groups is 2. The molecule has 0 radical (unpaired) electrons. The van der Waals surface area contributed by atoms with Gasteiger partial charge in [-0.15, -0.1) is 0 Å². The van der Waals surface area contributed by atoms with Crippen LogP contribution in [-0.4, -0.2) is 56.8 Å². The van der Waals surface area contributed by atoms with Gasteiger partial charge in [-0.1, -0.05) is 32.1 Å². The van der Waals surface area contributed by atoms with Crippen LogP contribution in [0.2, 0.25) is 0 Å². The molecule has 2 saturated carbocycles. The van der Waals surface area contributed by atoms with Crippen molar-refractivity contribution in [2.45, 2.75) is 108 Å². The molecule has 0 N–H and O–H groups in total. The molecular formula is C30H45NO6. The number of benzene rings is 1. The molecule has 1 saturated heterocycles. The van der Waals surface area contributed by atoms with Crippen LogP contribution >= 0.6 is 0 Å². The van der Waals surface area contributed by atoms with Crippen LogP contribution in [0.4, 0.5) is 0 Å². The fraction of sp³-hybridized carbons (Fsp3) is 0.733. The highest BCUT2D eigenvalue weighted by Crippen LogP contribution is 2.45. The Morgan fingerprint density at radius 3 is 1.92 bits per heavy atom. The minimum Gasteiger partial charge on any atom is -0.493 e. The van der Waals surface area contributed by atoms with Gasteiger partial charge < -0.3 is 23.8 Å². The van der Waals surface area contributed by atoms with E-state index in [0.717, 1.165) is 69.8 Å². The summed E-state index contributed by atoms with van der Waals surface area (Å²) in [6, 6.07) is 3.33. The minimum absolute atomic E-state index is 0.0156. The van der Waals surface area contributed by atoms with Gasteiger partial charge >= 0.3 is 5.97 Å². The van der Waals surface area contributed by atoms with E-state index in [1.807, 2.05) is 17.0 Å². The van der Waals surface area contributed by atoms with Crippen LogP contribution in [0, 0.1) is 5.92 Å². The Labute approximate surface area is 222 Å². The molecule has 4 rings (SSSR count). The molecule has 206 valence electrons. The molecule has 3 aliphatic rings. The zero-order chi connectivity index (χ0) is 26.2. The lowest BCUT2D eigenvalue weighted by Gasteiger charge is -2.39. The molecule has 1 aliphatic heterocycles. The molecule has 7 heteroatoms. The fourth-order valence-corrected chi connectivity index (χ4v) is 6.59. The van der Waals surface area contributed by atoms with E-state index in [1.54, 1.807) is 21.3 Å². The molecule has 1 heterocycles. The van der Waals surface area contributed by atoms with E-state index in [1.165, 1.54) is 19.3 Å². The maximum atomic E-state index is 14.4. The number of methoxy groups -OCH3 is 3. The van der Waals surface area contributed by atoms with Gasteiger partial charge in [0.15, 0.2) is 11.5 Å². The second-order valence-corrected chi connectivity index (χ2v) is 10.9. The second-order valence-electron chi connectivity index (χ2n) is 10.9. The van der Waals surface area contributed by atoms with Gasteiger partial charge in [0.2, 0.25) is 11.7 Å². The predicted octanol–water partition coefficient (Wildman–Crippen LogP) is 6.02. The van der Waals surface area contributed by atoms with Gasteiger partial charge in [-0.25, -0.2) is 4.79 Å². The Kier molecular flexibility index (Phi) is 9.98. The summed E-state index contributed by atoms with van der Waals surface area (Å²) < 4.78 is 22.8. The molecule has 2 aliphatic carbocycles. The van der Waals surface area contributed by atoms with Gasteiger partial charge in [-0.2, -0.15) is 0 Å². The molecular weight excluding hydrogens is 470 g/mol. The smallest absolute Gasteiger partial charge is 0.329 e. The average molecular weight is 516 g/mol. The Morgan fingerprint density at radius 2 is 1.32 bits per heavy atom. The third-order valence-corrected chi connectivity index (χ3v) is 8.58. The SMILES string of the molecule is COc1cc(C(C(=O)N2CCCCC2C(=O)OC2CCCCCC2)C2CCCCC2)cc(OC)c1OC. The third kappa shape index (κ3) is 6.53. The summed E-state index contributed by atoms with van der Waals surface area (Å²) in [7, 11) is 4.79. The number of nitrogens with zero attached hydrogens (tertiary/aromatic N) is 1. The highest BCUT2D eigenvalue weighted by atomic mass is 16.5. The van der Waals surface area contributed by atoms with E-state index >= 15 is 0 Å². The van der Waals surface area contributed by atoms with Crippen molar-refractivity contribution in [3.63, 3.8) is 0 Å². The first-order valence-corrected chi connectivity index (χ1v) is 14.4. The molecule has 2 atom stereocenters. The molecule has 1 aromatic rings. The maximum absolute atomic E-state index is 14.4. The van der Waals surface area contributed by atoms with Gasteiger partial charge in [0.25, 0.3) is 0 Å². The number of carbonyl (C=O) groups excluding carboxylic acids is 2. The average Bonchev–Trinajstić information content (AvgIpc) is 3.21. The van der Waals surface area contributed by atoms with E-state index in [4.69, 9.17) is 18.9 Å². The summed E-state index contributed by atoms with van der Waals surface area (Å²) in [5.41, 5.74) is 0.868. The topological polar surface area (TPSA) is 74.3 Å². The number of esters is 1. The summed E-state index contributed by atoms with van der Waals surface area (Å²) in [6.45, 7) is 0.594. The predicted molar refractivity (Wildman–Crippen MR) is 142 cm³/mol. The van der Waals surface area contributed by atoms with Crippen LogP contribution in [0.5, 0.6) is 17.2 Å². The molecule has 1 amide bonds. The largest absolute Gasteiger partial charge is 0.493 e. The molecule has 3 fully saturated rings. The number of rotatable bonds is 8. The van der Waals surface area contributed by atoms with Crippen molar-refractivity contribution in [1.82, 2.24) is 4.90 Å². The third-order valence-electron chi connectivity index (χ3n) is 8.58. The number of ether oxygens (including phenoxy) is 4. The van der Waals surface area contributed by atoms with E-state index in [9.17, 15) is 9.59 Å². The highest BCUT2D eigenvalue weighted by Gasteiger charge is 2.41. The van der Waals surface area contributed by atoms with Crippen molar-refractivity contribution in [3.8, 4) is 17.2 Å². The van der Waals surface area contributed by atoms with Gasteiger partial charge in [0.1, 0.15) is 12.1 Å². The van der Waals surface area contributed by atoms with Crippen LogP contribution < -0.4 is 14.2 Å². The molecule has 1 aromatic carbocycles. The Balaban J connectivity index is 1.63. The number of piperidine rings is 1. The molecule has 0 bridgehead atoms. The van der Waals surface area contributed by atoms with Crippen LogP contribution in [-0.2, 0) is 14.3 Å². The standard InChI is InChI=1S/C30H45NO6/c1-34-25-19-22(20-26(35-2)28(25)36-3)27(21-13-7-6-8-14-21)29(32)31-18-12-11-17-24(31)30(33)37-23-15-9-4-5-10-16-23/h19-21,23-24,27H,4-18H2,1-3H3. The van der Waals surface area contributed by atoms with E-state index < -0.39 is 6.04 Å². The van der Waals surface area contributed by atoms with Gasteiger partial charge in [-0.3, -0.25) is 4.79 Å². The van der Waals surface area contributed by atoms with Crippen LogP contribution in [0.3, 0.4) is 0 Å². The number of hydrogen-bond donors (Lipinski definition) is 0. The van der Waals surface area contributed by atoms with Crippen molar-refractivity contribution in [2.24, 2.45) is 5.92 Å². The normalized spacial score (nSPS) is 22.6. The molecule has 0 spiro atoms. The van der Waals surface area contributed by atoms with Crippen molar-refractivity contribution >= 4 is 11.9 Å².